The molecule has 4 N–H and O–H groups in total. The number of aromatic hydroxyl groups is 1. The van der Waals surface area contributed by atoms with Gasteiger partial charge in [-0.15, -0.1) is 0 Å². The number of thiocarbonyl (C=S) groups is 1. The largest absolute Gasteiger partial charge is 0.507 e. The first-order valence-corrected chi connectivity index (χ1v) is 5.30. The predicted molar refractivity (Wildman–Crippen MR) is 67.2 cm³/mol. The maximum atomic E-state index is 11.9. The molecule has 19 heavy (non-hydrogen) atoms. The second-order valence-electron chi connectivity index (χ2n) is 3.36. The molecular formula is C10H10F3N3O2S. The Labute approximate surface area is 111 Å². The van der Waals surface area contributed by atoms with Crippen LogP contribution in [0.5, 0.6) is 11.5 Å². The van der Waals surface area contributed by atoms with Crippen molar-refractivity contribution in [2.45, 2.75) is 6.18 Å². The number of nitrogens with one attached hydrogen (secondary N) is 1. The van der Waals surface area contributed by atoms with Gasteiger partial charge in [-0.25, -0.2) is 0 Å². The Balaban J connectivity index is 2.69. The number of nitrogens with zero attached hydrogens (tertiary/aromatic N) is 1. The van der Waals surface area contributed by atoms with Crippen molar-refractivity contribution in [2.24, 2.45) is 10.8 Å². The Hall–Kier alpha value is -2.03. The molecule has 0 aliphatic heterocycles. The second kappa shape index (κ2) is 6.23. The highest BCUT2D eigenvalue weighted by molar-refractivity contribution is 7.80. The maximum Gasteiger partial charge on any atom is 0.422 e. The number of hydrogen-bond donors (Lipinski definition) is 3. The topological polar surface area (TPSA) is 79.9 Å². The van der Waals surface area contributed by atoms with Crippen molar-refractivity contribution in [3.8, 4) is 11.5 Å². The number of nitrogens with two attached hydrogens (primary N) is 1. The van der Waals surface area contributed by atoms with Crippen molar-refractivity contribution in [1.29, 1.82) is 0 Å². The quantitative estimate of drug-likeness (QED) is 0.445. The molecule has 0 atom stereocenters. The number of alkyl halides is 3. The molecule has 0 heterocycles. The number of ether oxygens (including phenoxy) is 1. The number of halogens is 3. The van der Waals surface area contributed by atoms with E-state index in [0.29, 0.717) is 0 Å². The van der Waals surface area contributed by atoms with E-state index in [2.05, 4.69) is 27.5 Å². The third kappa shape index (κ3) is 5.91. The van der Waals surface area contributed by atoms with Crippen LogP contribution in [0, 0.1) is 0 Å². The van der Waals surface area contributed by atoms with E-state index in [-0.39, 0.29) is 22.2 Å². The van der Waals surface area contributed by atoms with Crippen LogP contribution in [-0.2, 0) is 0 Å². The number of hydrazone groups is 1. The van der Waals surface area contributed by atoms with E-state index in [0.717, 1.165) is 6.07 Å². The molecule has 0 fully saturated rings. The minimum Gasteiger partial charge on any atom is -0.507 e. The number of benzene rings is 1. The zero-order valence-corrected chi connectivity index (χ0v) is 10.3. The molecule has 0 aromatic heterocycles. The molecule has 0 bridgehead atoms. The van der Waals surface area contributed by atoms with E-state index in [9.17, 15) is 18.3 Å². The van der Waals surface area contributed by atoms with E-state index < -0.39 is 12.8 Å². The summed E-state index contributed by atoms with van der Waals surface area (Å²) in [5, 5.41) is 13.1. The summed E-state index contributed by atoms with van der Waals surface area (Å²) in [4.78, 5) is 0. The first-order valence-electron chi connectivity index (χ1n) is 4.89. The average molecular weight is 293 g/mol. The molecule has 1 aromatic carbocycles. The smallest absolute Gasteiger partial charge is 0.422 e. The Morgan fingerprint density at radius 2 is 2.21 bits per heavy atom. The molecule has 0 aliphatic rings. The van der Waals surface area contributed by atoms with E-state index in [1.54, 1.807) is 0 Å². The van der Waals surface area contributed by atoms with E-state index in [4.69, 9.17) is 5.73 Å². The molecule has 104 valence electrons. The van der Waals surface area contributed by atoms with E-state index >= 15 is 0 Å². The number of rotatable bonds is 4. The maximum absolute atomic E-state index is 11.9. The molecule has 9 heteroatoms. The van der Waals surface area contributed by atoms with Crippen molar-refractivity contribution in [3.05, 3.63) is 23.8 Å². The number of phenols is 1. The minimum atomic E-state index is -4.43. The summed E-state index contributed by atoms with van der Waals surface area (Å²) in [5.41, 5.74) is 7.65. The molecule has 1 rings (SSSR count). The van der Waals surface area contributed by atoms with E-state index in [1.807, 2.05) is 0 Å². The monoisotopic (exact) mass is 293 g/mol. The Bertz CT molecular complexity index is 491. The van der Waals surface area contributed by atoms with Crippen LogP contribution in [0.3, 0.4) is 0 Å². The highest BCUT2D eigenvalue weighted by Crippen LogP contribution is 2.24. The van der Waals surface area contributed by atoms with Gasteiger partial charge in [0.2, 0.25) is 0 Å². The van der Waals surface area contributed by atoms with Gasteiger partial charge in [0.05, 0.1) is 6.21 Å². The van der Waals surface area contributed by atoms with Crippen LogP contribution in [0.25, 0.3) is 0 Å². The first kappa shape index (κ1) is 15.0. The summed E-state index contributed by atoms with van der Waals surface area (Å²) in [6, 6.07) is 3.66. The molecule has 0 amide bonds. The van der Waals surface area contributed by atoms with Gasteiger partial charge in [0.1, 0.15) is 11.5 Å². The lowest BCUT2D eigenvalue weighted by molar-refractivity contribution is -0.153. The van der Waals surface area contributed by atoms with Crippen LogP contribution in [0.4, 0.5) is 13.2 Å². The summed E-state index contributed by atoms with van der Waals surface area (Å²) in [5.74, 6) is -0.387. The summed E-state index contributed by atoms with van der Waals surface area (Å²) in [6.45, 7) is -1.43. The van der Waals surface area contributed by atoms with Gasteiger partial charge < -0.3 is 15.6 Å². The SMILES string of the molecule is NC(=S)NN=Cc1ccc(OCC(F)(F)F)cc1O. The molecule has 0 radical (unpaired) electrons. The predicted octanol–water partition coefficient (Wildman–Crippen LogP) is 1.50. The van der Waals surface area contributed by atoms with Crippen LogP contribution in [0.2, 0.25) is 0 Å². The Morgan fingerprint density at radius 3 is 2.74 bits per heavy atom. The lowest BCUT2D eigenvalue weighted by atomic mass is 10.2. The van der Waals surface area contributed by atoms with Crippen molar-refractivity contribution < 1.29 is 23.0 Å². The average Bonchev–Trinajstić information content (AvgIpc) is 2.27. The number of hydrogen-bond acceptors (Lipinski definition) is 4. The molecule has 0 saturated heterocycles. The highest BCUT2D eigenvalue weighted by Gasteiger charge is 2.28. The third-order valence-corrected chi connectivity index (χ3v) is 1.87. The minimum absolute atomic E-state index is 0.0547. The van der Waals surface area contributed by atoms with Crippen molar-refractivity contribution >= 4 is 23.5 Å². The summed E-state index contributed by atoms with van der Waals surface area (Å²) in [6.07, 6.45) is -3.22. The molecule has 0 aliphatic carbocycles. The van der Waals surface area contributed by atoms with Gasteiger partial charge in [-0.05, 0) is 24.4 Å². The zero-order chi connectivity index (χ0) is 14.5. The van der Waals surface area contributed by atoms with Gasteiger partial charge >= 0.3 is 6.18 Å². The molecule has 0 spiro atoms. The molecule has 0 saturated carbocycles. The van der Waals surface area contributed by atoms with Crippen molar-refractivity contribution in [1.82, 2.24) is 5.43 Å². The fourth-order valence-electron chi connectivity index (χ4n) is 1.05. The Morgan fingerprint density at radius 1 is 1.53 bits per heavy atom. The summed E-state index contributed by atoms with van der Waals surface area (Å²) < 4.78 is 40.2. The zero-order valence-electron chi connectivity index (χ0n) is 9.44. The fourth-order valence-corrected chi connectivity index (χ4v) is 1.11. The first-order chi connectivity index (χ1) is 8.78. The van der Waals surface area contributed by atoms with Crippen LogP contribution in [-0.4, -0.2) is 29.2 Å². The number of phenolic OH excluding ortho intramolecular Hbond substituents is 1. The van der Waals surface area contributed by atoms with Gasteiger partial charge in [-0.3, -0.25) is 5.43 Å². The van der Waals surface area contributed by atoms with Crippen LogP contribution < -0.4 is 15.9 Å². The molecule has 0 unspecified atom stereocenters. The van der Waals surface area contributed by atoms with Crippen LogP contribution in [0.1, 0.15) is 5.56 Å². The van der Waals surface area contributed by atoms with Gasteiger partial charge in [-0.1, -0.05) is 0 Å². The van der Waals surface area contributed by atoms with Gasteiger partial charge in [-0.2, -0.15) is 18.3 Å². The molecule has 5 nitrogen and oxygen atoms in total. The fraction of sp³-hybridized carbons (Fsp3) is 0.200. The lowest BCUT2D eigenvalue weighted by Gasteiger charge is -2.09. The normalized spacial score (nSPS) is 11.5. The highest BCUT2D eigenvalue weighted by atomic mass is 32.1. The summed E-state index contributed by atoms with van der Waals surface area (Å²) in [7, 11) is 0. The van der Waals surface area contributed by atoms with Gasteiger partial charge in [0.25, 0.3) is 0 Å². The van der Waals surface area contributed by atoms with Crippen molar-refractivity contribution in [2.75, 3.05) is 6.61 Å². The molecular weight excluding hydrogens is 283 g/mol. The second-order valence-corrected chi connectivity index (χ2v) is 3.80. The van der Waals surface area contributed by atoms with Crippen molar-refractivity contribution in [3.63, 3.8) is 0 Å². The summed E-state index contributed by atoms with van der Waals surface area (Å²) >= 11 is 4.50. The third-order valence-electron chi connectivity index (χ3n) is 1.78. The van der Waals surface area contributed by atoms with Gasteiger partial charge in [0.15, 0.2) is 11.7 Å². The molecule has 1 aromatic rings. The lowest BCUT2D eigenvalue weighted by Crippen LogP contribution is -2.24. The van der Waals surface area contributed by atoms with Crippen LogP contribution in [0.15, 0.2) is 23.3 Å². The van der Waals surface area contributed by atoms with Crippen LogP contribution >= 0.6 is 12.2 Å². The van der Waals surface area contributed by atoms with Gasteiger partial charge in [0, 0.05) is 11.6 Å². The standard InChI is InChI=1S/C10H10F3N3O2S/c11-10(12,13)5-18-7-2-1-6(8(17)3-7)4-15-16-9(14)19/h1-4,17H,5H2,(H3,14,16,19). The van der Waals surface area contributed by atoms with E-state index in [1.165, 1.54) is 18.3 Å². The Kier molecular flexibility index (Phi) is 4.93.